The second kappa shape index (κ2) is 7.59. The molecule has 1 aromatic rings. The molecule has 0 heterocycles. The van der Waals surface area contributed by atoms with Crippen molar-refractivity contribution in [3.63, 3.8) is 0 Å². The first-order valence-corrected chi connectivity index (χ1v) is 6.28. The molecule has 1 N–H and O–H groups in total. The van der Waals surface area contributed by atoms with E-state index in [0.717, 1.165) is 18.6 Å². The molecule has 4 heteroatoms. The Morgan fingerprint density at radius 2 is 2.06 bits per heavy atom. The Balaban J connectivity index is 2.44. The van der Waals surface area contributed by atoms with E-state index in [2.05, 4.69) is 0 Å². The van der Waals surface area contributed by atoms with Crippen LogP contribution in [0.4, 0.5) is 0 Å². The molecule has 0 bridgehead atoms. The molecule has 1 aromatic carbocycles. The van der Waals surface area contributed by atoms with Crippen molar-refractivity contribution in [1.29, 1.82) is 0 Å². The van der Waals surface area contributed by atoms with Gasteiger partial charge >= 0.3 is 0 Å². The van der Waals surface area contributed by atoms with Gasteiger partial charge in [-0.2, -0.15) is 0 Å². The van der Waals surface area contributed by atoms with Crippen LogP contribution in [0.3, 0.4) is 0 Å². The van der Waals surface area contributed by atoms with Crippen molar-refractivity contribution in [2.45, 2.75) is 25.9 Å². The van der Waals surface area contributed by atoms with Gasteiger partial charge in [-0.05, 0) is 37.5 Å². The lowest BCUT2D eigenvalue weighted by atomic mass is 10.1. The molecule has 0 aromatic heterocycles. The summed E-state index contributed by atoms with van der Waals surface area (Å²) in [6, 6.07) is 7.73. The Hall–Kier alpha value is -0.700. The first-order valence-electron chi connectivity index (χ1n) is 5.46. The summed E-state index contributed by atoms with van der Waals surface area (Å²) in [5.41, 5.74) is 2.47. The Labute approximate surface area is 112 Å². The highest BCUT2D eigenvalue weighted by Crippen LogP contribution is 2.15. The third kappa shape index (κ3) is 5.97. The fourth-order valence-electron chi connectivity index (χ4n) is 1.31. The molecule has 0 aliphatic rings. The third-order valence-electron chi connectivity index (χ3n) is 2.27. The van der Waals surface area contributed by atoms with Gasteiger partial charge in [0.25, 0.3) is 0 Å². The van der Waals surface area contributed by atoms with Crippen molar-refractivity contribution < 1.29 is 9.84 Å². The van der Waals surface area contributed by atoms with Gasteiger partial charge in [0.1, 0.15) is 12.4 Å². The van der Waals surface area contributed by atoms with Crippen LogP contribution in [0, 0.1) is 0 Å². The molecule has 1 unspecified atom stereocenters. The summed E-state index contributed by atoms with van der Waals surface area (Å²) in [6.07, 6.45) is 1.36. The molecule has 1 atom stereocenters. The summed E-state index contributed by atoms with van der Waals surface area (Å²) in [4.78, 5) is 0. The van der Waals surface area contributed by atoms with E-state index in [0.29, 0.717) is 5.03 Å². The average molecular weight is 275 g/mol. The number of hydrogen-bond acceptors (Lipinski definition) is 2. The van der Waals surface area contributed by atoms with E-state index in [1.54, 1.807) is 6.92 Å². The normalized spacial score (nSPS) is 13.5. The molecule has 17 heavy (non-hydrogen) atoms. The van der Waals surface area contributed by atoms with Crippen molar-refractivity contribution in [2.24, 2.45) is 0 Å². The maximum Gasteiger partial charge on any atom is 0.125 e. The SMILES string of the molecule is CC(O)CCc1ccc(OCC(Cl)=CCl)cc1. The minimum absolute atomic E-state index is 0.265. The fourth-order valence-corrected chi connectivity index (χ4v) is 1.43. The van der Waals surface area contributed by atoms with E-state index in [9.17, 15) is 5.11 Å². The predicted octanol–water partition coefficient (Wildman–Crippen LogP) is 3.70. The number of benzene rings is 1. The van der Waals surface area contributed by atoms with Crippen LogP contribution in [0.2, 0.25) is 0 Å². The van der Waals surface area contributed by atoms with Crippen LogP contribution in [0.15, 0.2) is 34.8 Å². The Morgan fingerprint density at radius 1 is 1.41 bits per heavy atom. The smallest absolute Gasteiger partial charge is 0.125 e. The zero-order chi connectivity index (χ0) is 12.7. The van der Waals surface area contributed by atoms with Gasteiger partial charge in [-0.25, -0.2) is 0 Å². The van der Waals surface area contributed by atoms with Gasteiger partial charge in [0.15, 0.2) is 0 Å². The number of aliphatic hydroxyl groups is 1. The maximum atomic E-state index is 9.18. The lowest BCUT2D eigenvalue weighted by Crippen LogP contribution is -2.01. The quantitative estimate of drug-likeness (QED) is 0.857. The largest absolute Gasteiger partial charge is 0.488 e. The van der Waals surface area contributed by atoms with Crippen LogP contribution in [0.1, 0.15) is 18.9 Å². The highest BCUT2D eigenvalue weighted by molar-refractivity contribution is 6.36. The molecule has 0 fully saturated rings. The molecule has 0 aliphatic carbocycles. The number of halogens is 2. The maximum absolute atomic E-state index is 9.18. The molecule has 0 radical (unpaired) electrons. The lowest BCUT2D eigenvalue weighted by molar-refractivity contribution is 0.185. The van der Waals surface area contributed by atoms with Crippen molar-refractivity contribution >= 4 is 23.2 Å². The van der Waals surface area contributed by atoms with Crippen LogP contribution in [-0.4, -0.2) is 17.8 Å². The first-order chi connectivity index (χ1) is 8.11. The number of aryl methyl sites for hydroxylation is 1. The summed E-state index contributed by atoms with van der Waals surface area (Å²) >= 11 is 11.1. The van der Waals surface area contributed by atoms with Crippen LogP contribution < -0.4 is 4.74 Å². The van der Waals surface area contributed by atoms with Gasteiger partial charge in [0, 0.05) is 5.54 Å². The van der Waals surface area contributed by atoms with E-state index in [4.69, 9.17) is 27.9 Å². The Kier molecular flexibility index (Phi) is 6.41. The molecule has 94 valence electrons. The molecule has 2 nitrogen and oxygen atoms in total. The number of rotatable bonds is 6. The monoisotopic (exact) mass is 274 g/mol. The molecule has 0 saturated heterocycles. The molecule has 0 saturated carbocycles. The second-order valence-electron chi connectivity index (χ2n) is 3.88. The minimum Gasteiger partial charge on any atom is -0.488 e. The zero-order valence-corrected chi connectivity index (χ0v) is 11.2. The van der Waals surface area contributed by atoms with Crippen molar-refractivity contribution in [3.05, 3.63) is 40.4 Å². The number of aliphatic hydroxyl groups excluding tert-OH is 1. The molecule has 1 rings (SSSR count). The Morgan fingerprint density at radius 3 is 2.59 bits per heavy atom. The standard InChI is InChI=1S/C13H16Cl2O2/c1-10(16)2-3-11-4-6-13(7-5-11)17-9-12(15)8-14/h4-8,10,16H,2-3,9H2,1H3. The lowest BCUT2D eigenvalue weighted by Gasteiger charge is -2.07. The fraction of sp³-hybridized carbons (Fsp3) is 0.385. The van der Waals surface area contributed by atoms with E-state index < -0.39 is 0 Å². The molecular formula is C13H16Cl2O2. The number of hydrogen-bond donors (Lipinski definition) is 1. The predicted molar refractivity (Wildman–Crippen MR) is 71.7 cm³/mol. The molecule has 0 amide bonds. The highest BCUT2D eigenvalue weighted by Gasteiger charge is 2.00. The van der Waals surface area contributed by atoms with E-state index in [-0.39, 0.29) is 12.7 Å². The van der Waals surface area contributed by atoms with Crippen LogP contribution >= 0.6 is 23.2 Å². The van der Waals surface area contributed by atoms with Gasteiger partial charge in [0.2, 0.25) is 0 Å². The van der Waals surface area contributed by atoms with Crippen LogP contribution in [0.25, 0.3) is 0 Å². The van der Waals surface area contributed by atoms with Gasteiger partial charge in [-0.1, -0.05) is 35.3 Å². The van der Waals surface area contributed by atoms with Crippen molar-refractivity contribution in [1.82, 2.24) is 0 Å². The second-order valence-corrected chi connectivity index (χ2v) is 4.58. The van der Waals surface area contributed by atoms with Gasteiger partial charge < -0.3 is 9.84 Å². The summed E-state index contributed by atoms with van der Waals surface area (Å²) in [5, 5.41) is 9.65. The highest BCUT2D eigenvalue weighted by atomic mass is 35.5. The van der Waals surface area contributed by atoms with E-state index in [1.807, 2.05) is 24.3 Å². The van der Waals surface area contributed by atoms with Crippen LogP contribution in [0.5, 0.6) is 5.75 Å². The Bertz CT molecular complexity index is 358. The molecule has 0 spiro atoms. The van der Waals surface area contributed by atoms with E-state index in [1.165, 1.54) is 11.1 Å². The van der Waals surface area contributed by atoms with Gasteiger partial charge in [-0.15, -0.1) is 0 Å². The summed E-state index contributed by atoms with van der Waals surface area (Å²) in [5.74, 6) is 0.752. The molecular weight excluding hydrogens is 259 g/mol. The molecule has 0 aliphatic heterocycles. The first kappa shape index (κ1) is 14.4. The summed E-state index contributed by atoms with van der Waals surface area (Å²) in [6.45, 7) is 2.07. The average Bonchev–Trinajstić information content (AvgIpc) is 2.34. The van der Waals surface area contributed by atoms with E-state index >= 15 is 0 Å². The summed E-state index contributed by atoms with van der Waals surface area (Å²) in [7, 11) is 0. The summed E-state index contributed by atoms with van der Waals surface area (Å²) < 4.78 is 5.41. The van der Waals surface area contributed by atoms with Gasteiger partial charge in [-0.3, -0.25) is 0 Å². The van der Waals surface area contributed by atoms with Gasteiger partial charge in [0.05, 0.1) is 11.1 Å². The topological polar surface area (TPSA) is 29.5 Å². The zero-order valence-electron chi connectivity index (χ0n) is 9.70. The minimum atomic E-state index is -0.265. The van der Waals surface area contributed by atoms with Crippen molar-refractivity contribution in [3.8, 4) is 5.75 Å². The van der Waals surface area contributed by atoms with Crippen LogP contribution in [-0.2, 0) is 6.42 Å². The number of ether oxygens (including phenoxy) is 1. The van der Waals surface area contributed by atoms with Crippen molar-refractivity contribution in [2.75, 3.05) is 6.61 Å². The third-order valence-corrected chi connectivity index (χ3v) is 2.86.